The molecule has 3 rings (SSSR count). The number of hydrogen-bond acceptors (Lipinski definition) is 13. The summed E-state index contributed by atoms with van der Waals surface area (Å²) in [5.41, 5.74) is 17.9. The standard InChI is InChI=1S/C45H61N11O12/c1-24(2)38(56-37(61)23-50-39(62)25(3)52-40(63)32(46)5-4-18-49-45(47)48)43(66)51-22-36(60)53-33(19-26-6-12-29(57)13-7-26)41(64)54-34(20-27-8-14-30(58)15-9-27)42(65)55-35(44(67)68)21-28-10-16-31(59)17-11-28/h6-17,24-25,32-35,38,57-59H,4-5,18-23,46H2,1-3H3,(H,50,62)(H,51,66)(H,52,63)(H,53,60)(H,54,64)(H,55,65)(H,56,61)(H,67,68)(H4,47,48,49)/t25-,32-,33-,34-,35-,38-/m0/s1. The van der Waals surface area contributed by atoms with E-state index in [1.54, 1.807) is 13.8 Å². The summed E-state index contributed by atoms with van der Waals surface area (Å²) >= 11 is 0. The number of phenols is 3. The normalized spacial score (nSPS) is 13.5. The Morgan fingerprint density at radius 3 is 1.40 bits per heavy atom. The zero-order valence-corrected chi connectivity index (χ0v) is 37.9. The van der Waals surface area contributed by atoms with E-state index in [0.29, 0.717) is 23.1 Å². The Labute approximate surface area is 392 Å². The van der Waals surface area contributed by atoms with Crippen LogP contribution in [0.25, 0.3) is 0 Å². The molecule has 0 heterocycles. The highest BCUT2D eigenvalue weighted by molar-refractivity contribution is 5.96. The lowest BCUT2D eigenvalue weighted by atomic mass is 10.0. The van der Waals surface area contributed by atoms with Gasteiger partial charge in [0, 0.05) is 25.8 Å². The number of aromatic hydroxyl groups is 3. The fraction of sp³-hybridized carbons (Fsp3) is 0.400. The molecule has 0 radical (unpaired) electrons. The first kappa shape index (κ1) is 54.4. The van der Waals surface area contributed by atoms with Crippen molar-refractivity contribution in [2.75, 3.05) is 19.6 Å². The molecule has 368 valence electrons. The van der Waals surface area contributed by atoms with Crippen LogP contribution >= 0.6 is 0 Å². The average Bonchev–Trinajstić information content (AvgIpc) is 3.28. The van der Waals surface area contributed by atoms with Crippen molar-refractivity contribution >= 4 is 53.3 Å². The molecule has 0 aliphatic heterocycles. The lowest BCUT2D eigenvalue weighted by Gasteiger charge is -2.25. The van der Waals surface area contributed by atoms with Crippen LogP contribution in [0.4, 0.5) is 0 Å². The van der Waals surface area contributed by atoms with Crippen molar-refractivity contribution in [3.63, 3.8) is 0 Å². The highest BCUT2D eigenvalue weighted by Crippen LogP contribution is 2.15. The summed E-state index contributed by atoms with van der Waals surface area (Å²) < 4.78 is 0. The third-order valence-electron chi connectivity index (χ3n) is 10.2. The largest absolute Gasteiger partial charge is 0.508 e. The molecule has 0 aliphatic carbocycles. The van der Waals surface area contributed by atoms with Crippen molar-refractivity contribution in [3.8, 4) is 17.2 Å². The Bertz CT molecular complexity index is 2240. The Kier molecular flexibility index (Phi) is 21.5. The molecule has 0 saturated heterocycles. The van der Waals surface area contributed by atoms with E-state index < -0.39 is 103 Å². The number of carbonyl (C=O) groups excluding carboxylic acids is 7. The number of amides is 7. The highest BCUT2D eigenvalue weighted by atomic mass is 16.4. The number of nitrogens with zero attached hydrogens (tertiary/aromatic N) is 1. The van der Waals surface area contributed by atoms with Gasteiger partial charge in [0.25, 0.3) is 0 Å². The SMILES string of the molecule is CC(C)[C@H](NC(=O)CNC(=O)[C@H](C)NC(=O)[C@@H](N)CCCN=C(N)N)C(=O)NCC(=O)N[C@@H](Cc1ccc(O)cc1)C(=O)N[C@@H](Cc1ccc(O)cc1)C(=O)N[C@@H](Cc1ccc(O)cc1)C(=O)O. The minimum absolute atomic E-state index is 0.0470. The molecule has 0 spiro atoms. The van der Waals surface area contributed by atoms with Gasteiger partial charge in [-0.25, -0.2) is 4.79 Å². The van der Waals surface area contributed by atoms with Crippen LogP contribution in [-0.4, -0.2) is 130 Å². The van der Waals surface area contributed by atoms with E-state index in [-0.39, 0.29) is 55.4 Å². The fourth-order valence-corrected chi connectivity index (χ4v) is 6.41. The molecule has 0 aliphatic rings. The van der Waals surface area contributed by atoms with Gasteiger partial charge in [-0.3, -0.25) is 38.6 Å². The molecule has 0 unspecified atom stereocenters. The third-order valence-corrected chi connectivity index (χ3v) is 10.2. The molecule has 0 aromatic heterocycles. The molecule has 17 N–H and O–H groups in total. The molecule has 0 fully saturated rings. The van der Waals surface area contributed by atoms with Crippen LogP contribution in [0.2, 0.25) is 0 Å². The van der Waals surface area contributed by atoms with Gasteiger partial charge >= 0.3 is 5.97 Å². The van der Waals surface area contributed by atoms with E-state index in [2.05, 4.69) is 42.2 Å². The van der Waals surface area contributed by atoms with Crippen LogP contribution in [0.1, 0.15) is 50.3 Å². The number of hydrogen-bond donors (Lipinski definition) is 14. The minimum atomic E-state index is -1.46. The molecule has 68 heavy (non-hydrogen) atoms. The first-order chi connectivity index (χ1) is 32.1. The fourth-order valence-electron chi connectivity index (χ4n) is 6.41. The summed E-state index contributed by atoms with van der Waals surface area (Å²) in [6, 6.07) is 9.60. The topological polar surface area (TPSA) is 392 Å². The number of benzene rings is 3. The number of carboxylic acid groups (broad SMARTS) is 1. The Morgan fingerprint density at radius 1 is 0.544 bits per heavy atom. The van der Waals surface area contributed by atoms with Gasteiger partial charge in [-0.1, -0.05) is 50.2 Å². The van der Waals surface area contributed by atoms with Gasteiger partial charge in [-0.15, -0.1) is 0 Å². The number of aliphatic imine (C=N–C) groups is 1. The first-order valence-corrected chi connectivity index (χ1v) is 21.5. The van der Waals surface area contributed by atoms with Crippen molar-refractivity contribution in [1.29, 1.82) is 0 Å². The number of carboxylic acids is 1. The van der Waals surface area contributed by atoms with Crippen molar-refractivity contribution in [2.45, 2.75) is 89.1 Å². The zero-order chi connectivity index (χ0) is 50.5. The number of guanidine groups is 1. The molecule has 3 aromatic rings. The Balaban J connectivity index is 1.68. The molecule has 0 bridgehead atoms. The zero-order valence-electron chi connectivity index (χ0n) is 37.9. The molecule has 6 atom stereocenters. The van der Waals surface area contributed by atoms with Crippen LogP contribution in [-0.2, 0) is 57.6 Å². The van der Waals surface area contributed by atoms with Gasteiger partial charge in [0.05, 0.1) is 19.1 Å². The lowest BCUT2D eigenvalue weighted by molar-refractivity contribution is -0.142. The maximum Gasteiger partial charge on any atom is 0.326 e. The maximum atomic E-state index is 14.1. The van der Waals surface area contributed by atoms with E-state index in [1.165, 1.54) is 79.7 Å². The summed E-state index contributed by atoms with van der Waals surface area (Å²) in [5.74, 6) is -7.69. The summed E-state index contributed by atoms with van der Waals surface area (Å²) in [4.78, 5) is 109. The van der Waals surface area contributed by atoms with Gasteiger partial charge < -0.3 is 74.8 Å². The van der Waals surface area contributed by atoms with E-state index >= 15 is 0 Å². The summed E-state index contributed by atoms with van der Waals surface area (Å²) in [5, 5.41) is 56.7. The number of nitrogens with one attached hydrogen (secondary N) is 7. The second-order valence-electron chi connectivity index (χ2n) is 16.2. The van der Waals surface area contributed by atoms with Crippen molar-refractivity contribution < 1.29 is 58.8 Å². The van der Waals surface area contributed by atoms with E-state index in [1.807, 2.05) is 0 Å². The van der Waals surface area contributed by atoms with Crippen molar-refractivity contribution in [2.24, 2.45) is 28.1 Å². The van der Waals surface area contributed by atoms with Gasteiger partial charge in [0.15, 0.2) is 5.96 Å². The van der Waals surface area contributed by atoms with Crippen LogP contribution in [0.5, 0.6) is 17.2 Å². The van der Waals surface area contributed by atoms with Gasteiger partial charge in [0.1, 0.15) is 47.5 Å². The van der Waals surface area contributed by atoms with Crippen LogP contribution in [0, 0.1) is 5.92 Å². The van der Waals surface area contributed by atoms with Gasteiger partial charge in [-0.05, 0) is 78.8 Å². The average molecular weight is 948 g/mol. The number of nitrogens with two attached hydrogens (primary N) is 3. The second-order valence-corrected chi connectivity index (χ2v) is 16.2. The second kappa shape index (κ2) is 26.9. The number of rotatable bonds is 26. The lowest BCUT2D eigenvalue weighted by Crippen LogP contribution is -2.58. The molecular formula is C45H61N11O12. The van der Waals surface area contributed by atoms with E-state index in [0.717, 1.165) is 0 Å². The van der Waals surface area contributed by atoms with E-state index in [9.17, 15) is 58.8 Å². The maximum absolute atomic E-state index is 14.1. The summed E-state index contributed by atoms with van der Waals surface area (Å²) in [6.45, 7) is 3.63. The van der Waals surface area contributed by atoms with Gasteiger partial charge in [-0.2, -0.15) is 0 Å². The van der Waals surface area contributed by atoms with Crippen molar-refractivity contribution in [1.82, 2.24) is 37.2 Å². The molecule has 0 saturated carbocycles. The minimum Gasteiger partial charge on any atom is -0.508 e. The number of phenolic OH excluding ortho intramolecular Hbond substituents is 3. The Hall–Kier alpha value is -7.95. The first-order valence-electron chi connectivity index (χ1n) is 21.5. The summed E-state index contributed by atoms with van der Waals surface area (Å²) in [6.07, 6.45) is 0.120. The predicted octanol–water partition coefficient (Wildman–Crippen LogP) is -2.37. The van der Waals surface area contributed by atoms with E-state index in [4.69, 9.17) is 17.2 Å². The molecule has 23 nitrogen and oxygen atoms in total. The van der Waals surface area contributed by atoms with Crippen molar-refractivity contribution in [3.05, 3.63) is 89.5 Å². The van der Waals surface area contributed by atoms with Crippen LogP contribution in [0.15, 0.2) is 77.8 Å². The number of aliphatic carboxylic acids is 1. The van der Waals surface area contributed by atoms with Gasteiger partial charge in [0.2, 0.25) is 41.4 Å². The highest BCUT2D eigenvalue weighted by Gasteiger charge is 2.31. The van der Waals surface area contributed by atoms with Crippen LogP contribution in [0.3, 0.4) is 0 Å². The quantitative estimate of drug-likeness (QED) is 0.0227. The Morgan fingerprint density at radius 2 is 0.956 bits per heavy atom. The molecular weight excluding hydrogens is 887 g/mol. The third kappa shape index (κ3) is 19.3. The number of carbonyl (C=O) groups is 8. The van der Waals surface area contributed by atoms with Crippen LogP contribution < -0.4 is 54.4 Å². The monoisotopic (exact) mass is 947 g/mol. The molecule has 7 amide bonds. The molecule has 3 aromatic carbocycles. The predicted molar refractivity (Wildman–Crippen MR) is 247 cm³/mol. The molecule has 23 heteroatoms. The summed E-state index contributed by atoms with van der Waals surface area (Å²) in [7, 11) is 0. The smallest absolute Gasteiger partial charge is 0.326 e.